The fourth-order valence-corrected chi connectivity index (χ4v) is 2.65. The van der Waals surface area contributed by atoms with E-state index in [0.717, 1.165) is 19.5 Å². The molecule has 1 aromatic heterocycles. The smallest absolute Gasteiger partial charge is 0.0463 e. The van der Waals surface area contributed by atoms with Gasteiger partial charge < -0.3 is 4.90 Å². The van der Waals surface area contributed by atoms with Crippen molar-refractivity contribution in [2.75, 3.05) is 20.1 Å². The molecule has 2 nitrogen and oxygen atoms in total. The van der Waals surface area contributed by atoms with Crippen molar-refractivity contribution in [1.82, 2.24) is 9.88 Å². The number of aromatic nitrogens is 1. The molecule has 0 aliphatic carbocycles. The van der Waals surface area contributed by atoms with Gasteiger partial charge in [0.1, 0.15) is 0 Å². The Hall–Kier alpha value is -1.15. The van der Waals surface area contributed by atoms with E-state index in [1.807, 2.05) is 0 Å². The Bertz CT molecular complexity index is 472. The second-order valence-electron chi connectivity index (χ2n) is 6.25. The van der Waals surface area contributed by atoms with Crippen LogP contribution in [-0.4, -0.2) is 30.0 Å². The standard InChI is InChI=1S/C17H26N2/c1-12(2)16-10-15(11-18-17(16)13(3)4)14-6-8-19(5)9-7-14/h6,10-13H,7-9H2,1-5H3. The molecule has 0 saturated carbocycles. The molecule has 1 aliphatic rings. The van der Waals surface area contributed by atoms with Gasteiger partial charge >= 0.3 is 0 Å². The molecule has 2 heterocycles. The average molecular weight is 258 g/mol. The molecule has 0 atom stereocenters. The zero-order valence-corrected chi connectivity index (χ0v) is 12.9. The lowest BCUT2D eigenvalue weighted by molar-refractivity contribution is 0.370. The molecule has 0 radical (unpaired) electrons. The number of pyridine rings is 1. The molecule has 0 saturated heterocycles. The second-order valence-corrected chi connectivity index (χ2v) is 6.25. The zero-order chi connectivity index (χ0) is 14.0. The summed E-state index contributed by atoms with van der Waals surface area (Å²) in [6, 6.07) is 2.37. The van der Waals surface area contributed by atoms with Crippen LogP contribution in [0.1, 0.15) is 62.8 Å². The maximum atomic E-state index is 4.74. The van der Waals surface area contributed by atoms with Gasteiger partial charge in [0.15, 0.2) is 0 Å². The van der Waals surface area contributed by atoms with Crippen molar-refractivity contribution in [1.29, 1.82) is 0 Å². The minimum absolute atomic E-state index is 0.498. The summed E-state index contributed by atoms with van der Waals surface area (Å²) in [7, 11) is 2.17. The number of likely N-dealkylation sites (N-methyl/N-ethyl adjacent to an activating group) is 1. The minimum Gasteiger partial charge on any atom is -0.302 e. The third-order valence-corrected chi connectivity index (χ3v) is 3.90. The van der Waals surface area contributed by atoms with Gasteiger partial charge in [-0.3, -0.25) is 4.98 Å². The SMILES string of the molecule is CC(C)c1cc(C2=CCN(C)CC2)cnc1C(C)C. The molecule has 0 aromatic carbocycles. The van der Waals surface area contributed by atoms with Crippen molar-refractivity contribution in [3.63, 3.8) is 0 Å². The summed E-state index contributed by atoms with van der Waals surface area (Å²) in [6.07, 6.45) is 5.55. The normalized spacial score (nSPS) is 17.1. The highest BCUT2D eigenvalue weighted by molar-refractivity contribution is 5.66. The monoisotopic (exact) mass is 258 g/mol. The van der Waals surface area contributed by atoms with Crippen LogP contribution in [0.2, 0.25) is 0 Å². The van der Waals surface area contributed by atoms with Gasteiger partial charge in [-0.05, 0) is 48.1 Å². The quantitative estimate of drug-likeness (QED) is 0.813. The van der Waals surface area contributed by atoms with Crippen molar-refractivity contribution in [2.24, 2.45) is 0 Å². The third-order valence-electron chi connectivity index (χ3n) is 3.90. The molecule has 104 valence electrons. The predicted molar refractivity (Wildman–Crippen MR) is 82.5 cm³/mol. The first kappa shape index (κ1) is 14.3. The van der Waals surface area contributed by atoms with Gasteiger partial charge in [0.25, 0.3) is 0 Å². The summed E-state index contributed by atoms with van der Waals surface area (Å²) in [5, 5.41) is 0. The first-order valence-electron chi connectivity index (χ1n) is 7.36. The van der Waals surface area contributed by atoms with Gasteiger partial charge in [0.2, 0.25) is 0 Å². The van der Waals surface area contributed by atoms with Crippen LogP contribution in [-0.2, 0) is 0 Å². The second kappa shape index (κ2) is 5.87. The van der Waals surface area contributed by atoms with Crippen molar-refractivity contribution in [3.8, 4) is 0 Å². The number of hydrogen-bond acceptors (Lipinski definition) is 2. The van der Waals surface area contributed by atoms with E-state index in [1.165, 1.54) is 22.4 Å². The first-order chi connectivity index (χ1) is 8.99. The minimum atomic E-state index is 0.498. The summed E-state index contributed by atoms with van der Waals surface area (Å²) >= 11 is 0. The third kappa shape index (κ3) is 3.24. The van der Waals surface area contributed by atoms with Crippen LogP contribution < -0.4 is 0 Å². The summed E-state index contributed by atoms with van der Waals surface area (Å²) in [5.74, 6) is 1.04. The van der Waals surface area contributed by atoms with Crippen LogP contribution >= 0.6 is 0 Å². The van der Waals surface area contributed by atoms with Gasteiger partial charge in [-0.25, -0.2) is 0 Å². The maximum Gasteiger partial charge on any atom is 0.0463 e. The van der Waals surface area contributed by atoms with Gasteiger partial charge in [0, 0.05) is 25.0 Å². The van der Waals surface area contributed by atoms with E-state index in [-0.39, 0.29) is 0 Å². The first-order valence-corrected chi connectivity index (χ1v) is 7.36. The Balaban J connectivity index is 2.36. The highest BCUT2D eigenvalue weighted by Crippen LogP contribution is 2.29. The largest absolute Gasteiger partial charge is 0.302 e. The fourth-order valence-electron chi connectivity index (χ4n) is 2.65. The van der Waals surface area contributed by atoms with Gasteiger partial charge in [-0.15, -0.1) is 0 Å². The Kier molecular flexibility index (Phi) is 4.41. The summed E-state index contributed by atoms with van der Waals surface area (Å²) in [4.78, 5) is 7.09. The maximum absolute atomic E-state index is 4.74. The van der Waals surface area contributed by atoms with Gasteiger partial charge in [-0.2, -0.15) is 0 Å². The molecule has 0 fully saturated rings. The molecule has 0 N–H and O–H groups in total. The molecule has 2 heteroatoms. The lowest BCUT2D eigenvalue weighted by Crippen LogP contribution is -2.23. The summed E-state index contributed by atoms with van der Waals surface area (Å²) in [5.41, 5.74) is 5.45. The van der Waals surface area contributed by atoms with Crippen LogP contribution in [0.15, 0.2) is 18.3 Å². The van der Waals surface area contributed by atoms with Gasteiger partial charge in [-0.1, -0.05) is 33.8 Å². The van der Waals surface area contributed by atoms with Crippen molar-refractivity contribution < 1.29 is 0 Å². The molecule has 1 aliphatic heterocycles. The molecule has 0 amide bonds. The lowest BCUT2D eigenvalue weighted by atomic mass is 9.91. The van der Waals surface area contributed by atoms with E-state index in [4.69, 9.17) is 4.98 Å². The molecule has 1 aromatic rings. The van der Waals surface area contributed by atoms with E-state index in [1.54, 1.807) is 0 Å². The van der Waals surface area contributed by atoms with Crippen molar-refractivity contribution >= 4 is 5.57 Å². The molecule has 0 spiro atoms. The van der Waals surface area contributed by atoms with E-state index < -0.39 is 0 Å². The average Bonchev–Trinajstić information content (AvgIpc) is 2.38. The van der Waals surface area contributed by atoms with E-state index in [0.29, 0.717) is 11.8 Å². The Morgan fingerprint density at radius 2 is 1.89 bits per heavy atom. The van der Waals surface area contributed by atoms with Crippen LogP contribution in [0.5, 0.6) is 0 Å². The van der Waals surface area contributed by atoms with E-state index >= 15 is 0 Å². The van der Waals surface area contributed by atoms with Crippen LogP contribution in [0.4, 0.5) is 0 Å². The van der Waals surface area contributed by atoms with Crippen molar-refractivity contribution in [2.45, 2.75) is 46.0 Å². The molecule has 0 bridgehead atoms. The Labute approximate surface area is 117 Å². The number of rotatable bonds is 3. The van der Waals surface area contributed by atoms with Crippen LogP contribution in [0.3, 0.4) is 0 Å². The topological polar surface area (TPSA) is 16.1 Å². The molecular formula is C17H26N2. The molecule has 2 rings (SSSR count). The van der Waals surface area contributed by atoms with Crippen LogP contribution in [0.25, 0.3) is 5.57 Å². The fraction of sp³-hybridized carbons (Fsp3) is 0.588. The Morgan fingerprint density at radius 3 is 2.42 bits per heavy atom. The van der Waals surface area contributed by atoms with E-state index in [2.05, 4.69) is 58.0 Å². The lowest BCUT2D eigenvalue weighted by Gasteiger charge is -2.23. The highest BCUT2D eigenvalue weighted by atomic mass is 15.1. The van der Waals surface area contributed by atoms with E-state index in [9.17, 15) is 0 Å². The zero-order valence-electron chi connectivity index (χ0n) is 12.9. The molecule has 19 heavy (non-hydrogen) atoms. The molecular weight excluding hydrogens is 232 g/mol. The summed E-state index contributed by atoms with van der Waals surface area (Å²) in [6.45, 7) is 11.2. The molecule has 0 unspecified atom stereocenters. The highest BCUT2D eigenvalue weighted by Gasteiger charge is 2.15. The van der Waals surface area contributed by atoms with Gasteiger partial charge in [0.05, 0.1) is 0 Å². The number of hydrogen-bond donors (Lipinski definition) is 0. The van der Waals surface area contributed by atoms with Crippen molar-refractivity contribution in [3.05, 3.63) is 35.2 Å². The number of nitrogens with zero attached hydrogens (tertiary/aromatic N) is 2. The summed E-state index contributed by atoms with van der Waals surface area (Å²) < 4.78 is 0. The predicted octanol–water partition coefficient (Wildman–Crippen LogP) is 4.05. The van der Waals surface area contributed by atoms with Crippen LogP contribution in [0, 0.1) is 0 Å². The Morgan fingerprint density at radius 1 is 1.16 bits per heavy atom.